The smallest absolute Gasteiger partial charge is 0.213 e. The summed E-state index contributed by atoms with van der Waals surface area (Å²) in [5.41, 5.74) is 0. The van der Waals surface area contributed by atoms with Crippen molar-refractivity contribution in [3.05, 3.63) is 12.2 Å². The van der Waals surface area contributed by atoms with E-state index < -0.39 is 0 Å². The van der Waals surface area contributed by atoms with Crippen LogP contribution in [0.25, 0.3) is 0 Å². The highest BCUT2D eigenvalue weighted by molar-refractivity contribution is 4.88. The zero-order chi connectivity index (χ0) is 11.5. The molecule has 1 saturated heterocycles. The van der Waals surface area contributed by atoms with E-state index in [-0.39, 0.29) is 0 Å². The molecule has 0 amide bonds. The fourth-order valence-electron chi connectivity index (χ4n) is 2.06. The van der Waals surface area contributed by atoms with Crippen molar-refractivity contribution in [1.82, 2.24) is 20.4 Å². The van der Waals surface area contributed by atoms with Crippen molar-refractivity contribution < 1.29 is 4.52 Å². The van der Waals surface area contributed by atoms with Crippen LogP contribution in [0, 0.1) is 5.92 Å². The summed E-state index contributed by atoms with van der Waals surface area (Å²) in [7, 11) is 0. The third-order valence-electron chi connectivity index (χ3n) is 3.29. The Hall–Kier alpha value is -0.940. The molecule has 0 aliphatic carbocycles. The molecule has 16 heavy (non-hydrogen) atoms. The van der Waals surface area contributed by atoms with Gasteiger partial charge in [-0.05, 0) is 12.8 Å². The zero-order valence-corrected chi connectivity index (χ0v) is 10.2. The van der Waals surface area contributed by atoms with Crippen LogP contribution in [0.3, 0.4) is 0 Å². The van der Waals surface area contributed by atoms with Crippen molar-refractivity contribution in [3.63, 3.8) is 0 Å². The molecule has 2 atom stereocenters. The summed E-state index contributed by atoms with van der Waals surface area (Å²) in [6.07, 6.45) is 1.39. The summed E-state index contributed by atoms with van der Waals surface area (Å²) in [5.74, 6) is 1.43. The second-order valence-electron chi connectivity index (χ2n) is 4.88. The van der Waals surface area contributed by atoms with Crippen LogP contribution < -0.4 is 5.32 Å². The molecule has 0 spiro atoms. The summed E-state index contributed by atoms with van der Waals surface area (Å²) >= 11 is 0. The van der Waals surface area contributed by atoms with Gasteiger partial charge in [0.15, 0.2) is 5.82 Å². The topological polar surface area (TPSA) is 54.2 Å². The molecular weight excluding hydrogens is 204 g/mol. The third-order valence-corrected chi connectivity index (χ3v) is 3.29. The molecule has 1 aromatic rings. The van der Waals surface area contributed by atoms with Gasteiger partial charge in [0, 0.05) is 25.2 Å². The molecule has 2 unspecified atom stereocenters. The van der Waals surface area contributed by atoms with E-state index in [1.54, 1.807) is 0 Å². The van der Waals surface area contributed by atoms with Crippen LogP contribution in [-0.2, 0) is 6.54 Å². The first-order valence-corrected chi connectivity index (χ1v) is 5.89. The van der Waals surface area contributed by atoms with Gasteiger partial charge in [-0.25, -0.2) is 0 Å². The average molecular weight is 224 g/mol. The number of hydrogen-bond acceptors (Lipinski definition) is 5. The molecule has 0 aromatic carbocycles. The molecule has 90 valence electrons. The highest BCUT2D eigenvalue weighted by Gasteiger charge is 2.27. The van der Waals surface area contributed by atoms with Crippen LogP contribution in [0.1, 0.15) is 26.6 Å². The molecule has 1 N–H and O–H groups in total. The molecule has 1 fully saturated rings. The number of nitrogens with one attached hydrogen (secondary N) is 1. The van der Waals surface area contributed by atoms with Gasteiger partial charge in [-0.3, -0.25) is 4.90 Å². The van der Waals surface area contributed by atoms with Gasteiger partial charge in [-0.1, -0.05) is 19.0 Å². The second kappa shape index (κ2) is 4.93. The SMILES string of the molecule is CC(C)C1CN(Cc2ncon2)C(C)CN1. The second-order valence-corrected chi connectivity index (χ2v) is 4.88. The van der Waals surface area contributed by atoms with E-state index in [0.717, 1.165) is 25.5 Å². The molecule has 5 nitrogen and oxygen atoms in total. The first kappa shape index (κ1) is 11.5. The molecule has 2 heterocycles. The maximum Gasteiger partial charge on any atom is 0.213 e. The molecular formula is C11H20N4O. The molecule has 0 saturated carbocycles. The Bertz CT molecular complexity index is 312. The minimum Gasteiger partial charge on any atom is -0.343 e. The zero-order valence-electron chi connectivity index (χ0n) is 10.2. The van der Waals surface area contributed by atoms with E-state index in [0.29, 0.717) is 18.0 Å². The van der Waals surface area contributed by atoms with Crippen LogP contribution >= 0.6 is 0 Å². The molecule has 1 aliphatic heterocycles. The molecule has 2 rings (SSSR count). The lowest BCUT2D eigenvalue weighted by Gasteiger charge is -2.39. The molecule has 5 heteroatoms. The standard InChI is InChI=1S/C11H20N4O/c1-8(2)10-5-15(9(3)4-12-10)6-11-13-7-16-14-11/h7-10,12H,4-6H2,1-3H3. The predicted octanol–water partition coefficient (Wildman–Crippen LogP) is 0.888. The summed E-state index contributed by atoms with van der Waals surface area (Å²) in [6.45, 7) is 9.58. The van der Waals surface area contributed by atoms with E-state index in [1.165, 1.54) is 6.39 Å². The van der Waals surface area contributed by atoms with Gasteiger partial charge in [-0.15, -0.1) is 0 Å². The Balaban J connectivity index is 1.96. The maximum atomic E-state index is 4.76. The summed E-state index contributed by atoms with van der Waals surface area (Å²) in [4.78, 5) is 6.48. The minimum atomic E-state index is 0.522. The fraction of sp³-hybridized carbons (Fsp3) is 0.818. The number of nitrogens with zero attached hydrogens (tertiary/aromatic N) is 3. The van der Waals surface area contributed by atoms with Gasteiger partial charge in [0.05, 0.1) is 6.54 Å². The van der Waals surface area contributed by atoms with Crippen molar-refractivity contribution in [3.8, 4) is 0 Å². The van der Waals surface area contributed by atoms with E-state index >= 15 is 0 Å². The van der Waals surface area contributed by atoms with Gasteiger partial charge in [0.1, 0.15) is 0 Å². The predicted molar refractivity (Wildman–Crippen MR) is 60.8 cm³/mol. The Kier molecular flexibility index (Phi) is 3.56. The Morgan fingerprint density at radius 3 is 3.06 bits per heavy atom. The average Bonchev–Trinajstić information content (AvgIpc) is 2.73. The molecule has 1 aliphatic rings. The van der Waals surface area contributed by atoms with Gasteiger partial charge in [0.2, 0.25) is 6.39 Å². The van der Waals surface area contributed by atoms with Crippen molar-refractivity contribution >= 4 is 0 Å². The van der Waals surface area contributed by atoms with Crippen LogP contribution in [0.5, 0.6) is 0 Å². The van der Waals surface area contributed by atoms with Gasteiger partial charge >= 0.3 is 0 Å². The summed E-state index contributed by atoms with van der Waals surface area (Å²) < 4.78 is 4.76. The van der Waals surface area contributed by atoms with Crippen LogP contribution in [0.2, 0.25) is 0 Å². The fourth-order valence-corrected chi connectivity index (χ4v) is 2.06. The summed E-state index contributed by atoms with van der Waals surface area (Å²) in [6, 6.07) is 1.08. The van der Waals surface area contributed by atoms with Crippen LogP contribution in [-0.4, -0.2) is 40.2 Å². The maximum absolute atomic E-state index is 4.76. The van der Waals surface area contributed by atoms with E-state index in [1.807, 2.05) is 0 Å². The first-order chi connectivity index (χ1) is 7.66. The Morgan fingerprint density at radius 1 is 1.62 bits per heavy atom. The van der Waals surface area contributed by atoms with Gasteiger partial charge in [0.25, 0.3) is 0 Å². The first-order valence-electron chi connectivity index (χ1n) is 5.89. The lowest BCUT2D eigenvalue weighted by atomic mass is 10.00. The van der Waals surface area contributed by atoms with Crippen molar-refractivity contribution in [2.45, 2.75) is 39.4 Å². The normalized spacial score (nSPS) is 27.5. The highest BCUT2D eigenvalue weighted by Crippen LogP contribution is 2.14. The Labute approximate surface area is 96.2 Å². The third kappa shape index (κ3) is 2.59. The van der Waals surface area contributed by atoms with Crippen molar-refractivity contribution in [1.29, 1.82) is 0 Å². The van der Waals surface area contributed by atoms with Crippen molar-refractivity contribution in [2.24, 2.45) is 5.92 Å². The number of rotatable bonds is 3. The molecule has 0 bridgehead atoms. The molecule has 0 radical (unpaired) electrons. The van der Waals surface area contributed by atoms with Crippen LogP contribution in [0.15, 0.2) is 10.9 Å². The monoisotopic (exact) mass is 224 g/mol. The lowest BCUT2D eigenvalue weighted by Crippen LogP contribution is -2.56. The van der Waals surface area contributed by atoms with E-state index in [9.17, 15) is 0 Å². The number of piperazine rings is 1. The minimum absolute atomic E-state index is 0.522. The Morgan fingerprint density at radius 2 is 2.44 bits per heavy atom. The van der Waals surface area contributed by atoms with Gasteiger partial charge < -0.3 is 9.84 Å². The van der Waals surface area contributed by atoms with Crippen LogP contribution in [0.4, 0.5) is 0 Å². The summed E-state index contributed by atoms with van der Waals surface area (Å²) in [5, 5.41) is 7.44. The van der Waals surface area contributed by atoms with E-state index in [4.69, 9.17) is 4.52 Å². The molecule has 1 aromatic heterocycles. The largest absolute Gasteiger partial charge is 0.343 e. The van der Waals surface area contributed by atoms with Crippen molar-refractivity contribution in [2.75, 3.05) is 13.1 Å². The number of hydrogen-bond donors (Lipinski definition) is 1. The lowest BCUT2D eigenvalue weighted by molar-refractivity contribution is 0.112. The van der Waals surface area contributed by atoms with E-state index in [2.05, 4.69) is 41.1 Å². The highest BCUT2D eigenvalue weighted by atomic mass is 16.5. The quantitative estimate of drug-likeness (QED) is 0.826. The van der Waals surface area contributed by atoms with Gasteiger partial charge in [-0.2, -0.15) is 4.98 Å². The number of aromatic nitrogens is 2.